The Hall–Kier alpha value is -1.30. The first kappa shape index (κ1) is 15.8. The summed E-state index contributed by atoms with van der Waals surface area (Å²) in [5, 5.41) is 3.28. The van der Waals surface area contributed by atoms with Gasteiger partial charge in [0.2, 0.25) is 0 Å². The molecule has 108 valence electrons. The highest BCUT2D eigenvalue weighted by molar-refractivity contribution is 5.42. The van der Waals surface area contributed by atoms with Gasteiger partial charge >= 0.3 is 0 Å². The Labute approximate surface area is 114 Å². The standard InChI is InChI=1S/C14H23NO4/c1-4-18-11-19-14-9-12(5-6-13(14)17-3)10-15-7-8-16-2/h5-6,9,15H,4,7-8,10-11H2,1-3H3. The lowest BCUT2D eigenvalue weighted by Crippen LogP contribution is -2.18. The largest absolute Gasteiger partial charge is 0.493 e. The molecule has 0 saturated carbocycles. The molecule has 0 fully saturated rings. The lowest BCUT2D eigenvalue weighted by Gasteiger charge is -2.12. The van der Waals surface area contributed by atoms with Crippen molar-refractivity contribution in [3.63, 3.8) is 0 Å². The summed E-state index contributed by atoms with van der Waals surface area (Å²) in [7, 11) is 3.31. The van der Waals surface area contributed by atoms with Gasteiger partial charge in [-0.15, -0.1) is 0 Å². The molecule has 0 spiro atoms. The second-order valence-corrected chi connectivity index (χ2v) is 3.91. The second kappa shape index (κ2) is 9.61. The van der Waals surface area contributed by atoms with E-state index < -0.39 is 0 Å². The van der Waals surface area contributed by atoms with Crippen LogP contribution in [0.15, 0.2) is 18.2 Å². The third-order valence-corrected chi connectivity index (χ3v) is 2.54. The molecule has 19 heavy (non-hydrogen) atoms. The Morgan fingerprint density at radius 2 is 2.00 bits per heavy atom. The second-order valence-electron chi connectivity index (χ2n) is 3.91. The number of benzene rings is 1. The van der Waals surface area contributed by atoms with Gasteiger partial charge < -0.3 is 24.3 Å². The quantitative estimate of drug-likeness (QED) is 0.518. The van der Waals surface area contributed by atoms with Crippen LogP contribution in [0.5, 0.6) is 11.5 Å². The van der Waals surface area contributed by atoms with Crippen molar-refractivity contribution in [1.82, 2.24) is 5.32 Å². The number of methoxy groups -OCH3 is 2. The van der Waals surface area contributed by atoms with Gasteiger partial charge in [0.15, 0.2) is 18.3 Å². The van der Waals surface area contributed by atoms with Crippen LogP contribution < -0.4 is 14.8 Å². The zero-order valence-corrected chi connectivity index (χ0v) is 11.9. The van der Waals surface area contributed by atoms with Crippen LogP contribution in [-0.4, -0.2) is 40.8 Å². The molecule has 1 N–H and O–H groups in total. The Bertz CT molecular complexity index is 357. The minimum atomic E-state index is 0.230. The molecule has 1 rings (SSSR count). The van der Waals surface area contributed by atoms with E-state index in [9.17, 15) is 0 Å². The van der Waals surface area contributed by atoms with Gasteiger partial charge in [-0.3, -0.25) is 0 Å². The molecular formula is C14H23NO4. The molecule has 0 saturated heterocycles. The van der Waals surface area contributed by atoms with E-state index in [0.717, 1.165) is 18.7 Å². The Morgan fingerprint density at radius 1 is 1.16 bits per heavy atom. The van der Waals surface area contributed by atoms with Crippen molar-refractivity contribution >= 4 is 0 Å². The predicted octanol–water partition coefficient (Wildman–Crippen LogP) is 1.80. The summed E-state index contributed by atoms with van der Waals surface area (Å²) in [6, 6.07) is 5.86. The van der Waals surface area contributed by atoms with Gasteiger partial charge in [0.25, 0.3) is 0 Å². The van der Waals surface area contributed by atoms with Crippen LogP contribution in [0.2, 0.25) is 0 Å². The monoisotopic (exact) mass is 269 g/mol. The molecule has 0 radical (unpaired) electrons. The van der Waals surface area contributed by atoms with Crippen molar-refractivity contribution in [3.05, 3.63) is 23.8 Å². The fraction of sp³-hybridized carbons (Fsp3) is 0.571. The van der Waals surface area contributed by atoms with E-state index in [-0.39, 0.29) is 6.79 Å². The Morgan fingerprint density at radius 3 is 2.68 bits per heavy atom. The molecular weight excluding hydrogens is 246 g/mol. The van der Waals surface area contributed by atoms with Gasteiger partial charge in [-0.05, 0) is 24.6 Å². The van der Waals surface area contributed by atoms with E-state index in [4.69, 9.17) is 18.9 Å². The van der Waals surface area contributed by atoms with E-state index in [2.05, 4.69) is 5.32 Å². The molecule has 0 aromatic heterocycles. The van der Waals surface area contributed by atoms with Crippen LogP contribution in [0.4, 0.5) is 0 Å². The van der Waals surface area contributed by atoms with E-state index >= 15 is 0 Å². The minimum absolute atomic E-state index is 0.230. The maximum Gasteiger partial charge on any atom is 0.189 e. The van der Waals surface area contributed by atoms with Crippen LogP contribution in [0.1, 0.15) is 12.5 Å². The van der Waals surface area contributed by atoms with Gasteiger partial charge in [0, 0.05) is 26.8 Å². The minimum Gasteiger partial charge on any atom is -0.493 e. The van der Waals surface area contributed by atoms with Crippen molar-refractivity contribution in [2.75, 3.05) is 40.8 Å². The first-order chi connectivity index (χ1) is 9.31. The summed E-state index contributed by atoms with van der Waals surface area (Å²) >= 11 is 0. The van der Waals surface area contributed by atoms with E-state index in [0.29, 0.717) is 24.7 Å². The molecule has 0 heterocycles. The van der Waals surface area contributed by atoms with E-state index in [1.54, 1.807) is 14.2 Å². The van der Waals surface area contributed by atoms with Crippen LogP contribution in [0.3, 0.4) is 0 Å². The van der Waals surface area contributed by atoms with Crippen molar-refractivity contribution in [2.45, 2.75) is 13.5 Å². The smallest absolute Gasteiger partial charge is 0.189 e. The average Bonchev–Trinajstić information content (AvgIpc) is 2.44. The summed E-state index contributed by atoms with van der Waals surface area (Å²) in [6.07, 6.45) is 0. The number of ether oxygens (including phenoxy) is 4. The topological polar surface area (TPSA) is 49.0 Å². The van der Waals surface area contributed by atoms with Gasteiger partial charge in [-0.2, -0.15) is 0 Å². The van der Waals surface area contributed by atoms with E-state index in [1.807, 2.05) is 25.1 Å². The number of hydrogen-bond acceptors (Lipinski definition) is 5. The average molecular weight is 269 g/mol. The molecule has 0 unspecified atom stereocenters. The summed E-state index contributed by atoms with van der Waals surface area (Å²) in [5.74, 6) is 1.40. The number of nitrogens with one attached hydrogen (secondary N) is 1. The highest BCUT2D eigenvalue weighted by Gasteiger charge is 2.05. The molecule has 0 atom stereocenters. The van der Waals surface area contributed by atoms with Crippen molar-refractivity contribution < 1.29 is 18.9 Å². The molecule has 0 bridgehead atoms. The molecule has 5 heteroatoms. The first-order valence-electron chi connectivity index (χ1n) is 6.39. The first-order valence-corrected chi connectivity index (χ1v) is 6.39. The zero-order valence-electron chi connectivity index (χ0n) is 11.9. The van der Waals surface area contributed by atoms with Crippen molar-refractivity contribution in [3.8, 4) is 11.5 Å². The van der Waals surface area contributed by atoms with Crippen molar-refractivity contribution in [2.24, 2.45) is 0 Å². The SMILES string of the molecule is CCOCOc1cc(CNCCOC)ccc1OC. The van der Waals surface area contributed by atoms with Crippen LogP contribution in [0, 0.1) is 0 Å². The lowest BCUT2D eigenvalue weighted by atomic mass is 10.2. The number of hydrogen-bond donors (Lipinski definition) is 1. The maximum atomic E-state index is 5.54. The molecule has 1 aromatic rings. The van der Waals surface area contributed by atoms with Crippen molar-refractivity contribution in [1.29, 1.82) is 0 Å². The molecule has 0 aliphatic rings. The molecule has 0 aliphatic carbocycles. The lowest BCUT2D eigenvalue weighted by molar-refractivity contribution is 0.0208. The fourth-order valence-electron chi connectivity index (χ4n) is 1.54. The summed E-state index contributed by atoms with van der Waals surface area (Å²) in [5.41, 5.74) is 1.13. The van der Waals surface area contributed by atoms with Crippen LogP contribution in [0.25, 0.3) is 0 Å². The third kappa shape index (κ3) is 5.92. The zero-order chi connectivity index (χ0) is 13.9. The van der Waals surface area contributed by atoms with Crippen LogP contribution >= 0.6 is 0 Å². The summed E-state index contributed by atoms with van der Waals surface area (Å²) < 4.78 is 21.0. The van der Waals surface area contributed by atoms with Gasteiger partial charge in [-0.25, -0.2) is 0 Å². The Balaban J connectivity index is 2.55. The summed E-state index contributed by atoms with van der Waals surface area (Å²) in [4.78, 5) is 0. The number of rotatable bonds is 10. The molecule has 1 aromatic carbocycles. The normalized spacial score (nSPS) is 10.5. The van der Waals surface area contributed by atoms with Gasteiger partial charge in [0.1, 0.15) is 0 Å². The predicted molar refractivity (Wildman–Crippen MR) is 73.7 cm³/mol. The molecule has 5 nitrogen and oxygen atoms in total. The fourth-order valence-corrected chi connectivity index (χ4v) is 1.54. The Kier molecular flexibility index (Phi) is 7.97. The van der Waals surface area contributed by atoms with Crippen LogP contribution in [-0.2, 0) is 16.0 Å². The van der Waals surface area contributed by atoms with E-state index in [1.165, 1.54) is 0 Å². The maximum absolute atomic E-state index is 5.54. The van der Waals surface area contributed by atoms with Gasteiger partial charge in [-0.1, -0.05) is 6.07 Å². The molecule has 0 amide bonds. The highest BCUT2D eigenvalue weighted by Crippen LogP contribution is 2.28. The highest BCUT2D eigenvalue weighted by atomic mass is 16.7. The third-order valence-electron chi connectivity index (χ3n) is 2.54. The van der Waals surface area contributed by atoms with Gasteiger partial charge in [0.05, 0.1) is 13.7 Å². The molecule has 0 aliphatic heterocycles. The summed E-state index contributed by atoms with van der Waals surface area (Å²) in [6.45, 7) is 5.06.